The fourth-order valence-electron chi connectivity index (χ4n) is 3.97. The van der Waals surface area contributed by atoms with Crippen molar-refractivity contribution in [1.29, 1.82) is 0 Å². The summed E-state index contributed by atoms with van der Waals surface area (Å²) in [6, 6.07) is 9.14. The van der Waals surface area contributed by atoms with Gasteiger partial charge in [-0.3, -0.25) is 4.79 Å². The first-order chi connectivity index (χ1) is 13.5. The topological polar surface area (TPSA) is 84.1 Å². The number of amides is 1. The zero-order chi connectivity index (χ0) is 19.6. The van der Waals surface area contributed by atoms with E-state index >= 15 is 0 Å². The predicted octanol–water partition coefficient (Wildman–Crippen LogP) is -0.0261. The number of piperazine rings is 1. The summed E-state index contributed by atoms with van der Waals surface area (Å²) in [7, 11) is -3.47. The molecule has 0 atom stereocenters. The van der Waals surface area contributed by atoms with Gasteiger partial charge in [0.15, 0.2) is 6.54 Å². The van der Waals surface area contributed by atoms with Crippen LogP contribution in [-0.2, 0) is 34.2 Å². The Hall–Kier alpha value is -2.16. The highest BCUT2D eigenvalue weighted by Crippen LogP contribution is 2.26. The Labute approximate surface area is 165 Å². The van der Waals surface area contributed by atoms with Gasteiger partial charge in [-0.1, -0.05) is 6.07 Å². The monoisotopic (exact) mass is 404 g/mol. The van der Waals surface area contributed by atoms with Crippen molar-refractivity contribution in [3.63, 3.8) is 0 Å². The number of furan rings is 1. The number of sulfonamides is 1. The minimum Gasteiger partial charge on any atom is -0.467 e. The molecule has 1 aromatic heterocycles. The number of nitrogens with one attached hydrogen (secondary N) is 2. The van der Waals surface area contributed by atoms with Gasteiger partial charge in [0.1, 0.15) is 5.76 Å². The van der Waals surface area contributed by atoms with Gasteiger partial charge in [-0.05, 0) is 54.7 Å². The van der Waals surface area contributed by atoms with Crippen molar-refractivity contribution in [2.24, 2.45) is 0 Å². The smallest absolute Gasteiger partial charge is 0.275 e. The Morgan fingerprint density at radius 1 is 1.14 bits per heavy atom. The standard InChI is InChI=1S/C20H25N3O4S/c24-20(21-14-18-5-2-12-27-18)15-22-8-10-23(11-9-22)28(25,26)19-7-6-16-3-1-4-17(16)13-19/h2,5-7,12-13H,1,3-4,8-11,14-15H2,(H,21,24)/p+1. The van der Waals surface area contributed by atoms with Gasteiger partial charge in [0.2, 0.25) is 10.0 Å². The van der Waals surface area contributed by atoms with Crippen molar-refractivity contribution in [1.82, 2.24) is 9.62 Å². The molecule has 2 N–H and O–H groups in total. The van der Waals surface area contributed by atoms with E-state index in [0.717, 1.165) is 24.2 Å². The molecule has 0 radical (unpaired) electrons. The number of rotatable bonds is 6. The maximum atomic E-state index is 13.0. The molecule has 8 heteroatoms. The molecule has 7 nitrogen and oxygen atoms in total. The summed E-state index contributed by atoms with van der Waals surface area (Å²) >= 11 is 0. The van der Waals surface area contributed by atoms with E-state index in [1.165, 1.54) is 11.1 Å². The van der Waals surface area contributed by atoms with Crippen LogP contribution in [0.15, 0.2) is 45.9 Å². The first-order valence-corrected chi connectivity index (χ1v) is 11.2. The van der Waals surface area contributed by atoms with E-state index in [2.05, 4.69) is 5.32 Å². The summed E-state index contributed by atoms with van der Waals surface area (Å²) in [5.41, 5.74) is 2.44. The highest BCUT2D eigenvalue weighted by Gasteiger charge is 2.31. The average Bonchev–Trinajstić information content (AvgIpc) is 3.38. The molecule has 1 fully saturated rings. The lowest BCUT2D eigenvalue weighted by molar-refractivity contribution is -0.895. The van der Waals surface area contributed by atoms with E-state index in [1.54, 1.807) is 22.7 Å². The van der Waals surface area contributed by atoms with Gasteiger partial charge >= 0.3 is 0 Å². The normalized spacial score (nSPS) is 18.1. The number of aryl methyl sites for hydroxylation is 2. The Bertz CT molecular complexity index is 932. The molecule has 4 rings (SSSR count). The van der Waals surface area contributed by atoms with E-state index in [4.69, 9.17) is 4.42 Å². The number of quaternary nitrogens is 1. The number of carbonyl (C=O) groups excluding carboxylic acids is 1. The lowest BCUT2D eigenvalue weighted by Crippen LogP contribution is -3.15. The summed E-state index contributed by atoms with van der Waals surface area (Å²) in [6.45, 7) is 2.82. The lowest BCUT2D eigenvalue weighted by Gasteiger charge is -2.31. The lowest BCUT2D eigenvalue weighted by atomic mass is 10.1. The minimum atomic E-state index is -3.47. The quantitative estimate of drug-likeness (QED) is 0.709. The number of hydrogen-bond donors (Lipinski definition) is 2. The van der Waals surface area contributed by atoms with E-state index in [-0.39, 0.29) is 5.91 Å². The Kier molecular flexibility index (Phi) is 5.52. The molecule has 1 amide bonds. The van der Waals surface area contributed by atoms with Gasteiger partial charge in [0.05, 0.1) is 43.9 Å². The summed E-state index contributed by atoms with van der Waals surface area (Å²) in [5.74, 6) is 0.662. The molecule has 2 aliphatic rings. The second-order valence-electron chi connectivity index (χ2n) is 7.47. The van der Waals surface area contributed by atoms with Gasteiger partial charge < -0.3 is 14.6 Å². The van der Waals surface area contributed by atoms with Crippen LogP contribution in [0.4, 0.5) is 0 Å². The zero-order valence-corrected chi connectivity index (χ0v) is 16.6. The van der Waals surface area contributed by atoms with Gasteiger partial charge in [-0.25, -0.2) is 8.42 Å². The van der Waals surface area contributed by atoms with Crippen molar-refractivity contribution in [2.75, 3.05) is 32.7 Å². The van der Waals surface area contributed by atoms with E-state index in [0.29, 0.717) is 49.9 Å². The highest BCUT2D eigenvalue weighted by molar-refractivity contribution is 7.89. The summed E-state index contributed by atoms with van der Waals surface area (Å²) in [6.07, 6.45) is 4.68. The van der Waals surface area contributed by atoms with Crippen molar-refractivity contribution >= 4 is 15.9 Å². The molecule has 0 spiro atoms. The molecule has 2 heterocycles. The first-order valence-electron chi connectivity index (χ1n) is 9.77. The van der Waals surface area contributed by atoms with Gasteiger partial charge in [-0.15, -0.1) is 0 Å². The van der Waals surface area contributed by atoms with Gasteiger partial charge in [-0.2, -0.15) is 4.31 Å². The molecule has 28 heavy (non-hydrogen) atoms. The fourth-order valence-corrected chi connectivity index (χ4v) is 5.46. The Balaban J connectivity index is 1.30. The molecular formula is C20H26N3O4S+. The second kappa shape index (κ2) is 8.06. The van der Waals surface area contributed by atoms with Crippen molar-refractivity contribution < 1.29 is 22.5 Å². The molecule has 0 saturated carbocycles. The van der Waals surface area contributed by atoms with Gasteiger partial charge in [0.25, 0.3) is 5.91 Å². The Morgan fingerprint density at radius 3 is 2.68 bits per heavy atom. The van der Waals surface area contributed by atoms with E-state index in [1.807, 2.05) is 18.2 Å². The minimum absolute atomic E-state index is 0.0543. The number of hydrogen-bond acceptors (Lipinski definition) is 4. The van der Waals surface area contributed by atoms with Crippen LogP contribution in [0.1, 0.15) is 23.3 Å². The maximum absolute atomic E-state index is 13.0. The van der Waals surface area contributed by atoms with Crippen LogP contribution in [0.5, 0.6) is 0 Å². The van der Waals surface area contributed by atoms with Gasteiger partial charge in [0, 0.05) is 0 Å². The van der Waals surface area contributed by atoms with E-state index < -0.39 is 10.0 Å². The summed E-state index contributed by atoms with van der Waals surface area (Å²) in [5, 5.41) is 2.84. The van der Waals surface area contributed by atoms with E-state index in [9.17, 15) is 13.2 Å². The molecule has 1 aliphatic carbocycles. The zero-order valence-electron chi connectivity index (χ0n) is 15.8. The highest BCUT2D eigenvalue weighted by atomic mass is 32.2. The van der Waals surface area contributed by atoms with Crippen LogP contribution in [0.3, 0.4) is 0 Å². The molecule has 150 valence electrons. The number of nitrogens with zero attached hydrogens (tertiary/aromatic N) is 1. The van der Waals surface area contributed by atoms with Crippen molar-refractivity contribution in [3.8, 4) is 0 Å². The van der Waals surface area contributed by atoms with Crippen LogP contribution < -0.4 is 10.2 Å². The molecule has 1 saturated heterocycles. The molecular weight excluding hydrogens is 378 g/mol. The third-order valence-corrected chi connectivity index (χ3v) is 7.48. The summed E-state index contributed by atoms with van der Waals surface area (Å²) < 4.78 is 32.7. The second-order valence-corrected chi connectivity index (χ2v) is 9.41. The predicted molar refractivity (Wildman–Crippen MR) is 103 cm³/mol. The number of carbonyl (C=O) groups is 1. The molecule has 1 aliphatic heterocycles. The van der Waals surface area contributed by atoms with Crippen molar-refractivity contribution in [3.05, 3.63) is 53.5 Å². The molecule has 0 bridgehead atoms. The molecule has 2 aromatic rings. The summed E-state index contributed by atoms with van der Waals surface area (Å²) in [4.78, 5) is 13.6. The van der Waals surface area contributed by atoms with Crippen LogP contribution in [0.25, 0.3) is 0 Å². The molecule has 1 aromatic carbocycles. The van der Waals surface area contributed by atoms with Crippen molar-refractivity contribution in [2.45, 2.75) is 30.7 Å². The van der Waals surface area contributed by atoms with Crippen LogP contribution in [0.2, 0.25) is 0 Å². The third-order valence-electron chi connectivity index (χ3n) is 5.59. The molecule has 0 unspecified atom stereocenters. The van der Waals surface area contributed by atoms with Crippen LogP contribution in [0, 0.1) is 0 Å². The average molecular weight is 405 g/mol. The SMILES string of the molecule is O=C(C[NH+]1CCN(S(=O)(=O)c2ccc3c(c2)CCC3)CC1)NCc1ccco1. The largest absolute Gasteiger partial charge is 0.467 e. The third kappa shape index (κ3) is 4.14. The Morgan fingerprint density at radius 2 is 1.93 bits per heavy atom. The maximum Gasteiger partial charge on any atom is 0.275 e. The fraction of sp³-hybridized carbons (Fsp3) is 0.450. The van der Waals surface area contributed by atoms with Crippen LogP contribution >= 0.6 is 0 Å². The number of benzene rings is 1. The number of fused-ring (bicyclic) bond motifs is 1. The first kappa shape index (κ1) is 19.2. The van der Waals surface area contributed by atoms with Crippen LogP contribution in [-0.4, -0.2) is 51.4 Å².